The number of carbonyl (C=O) groups is 1. The van der Waals surface area contributed by atoms with Crippen molar-refractivity contribution in [3.8, 4) is 17.2 Å². The molecule has 1 aliphatic carbocycles. The van der Waals surface area contributed by atoms with Crippen LogP contribution in [0.15, 0.2) is 48.7 Å². The minimum atomic E-state index is -3.20. The number of hydrogen-bond acceptors (Lipinski definition) is 5. The first-order chi connectivity index (χ1) is 15.2. The summed E-state index contributed by atoms with van der Waals surface area (Å²) in [6.07, 6.45) is 3.52. The lowest BCUT2D eigenvalue weighted by Crippen LogP contribution is -2.58. The van der Waals surface area contributed by atoms with Crippen molar-refractivity contribution in [2.75, 3.05) is 0 Å². The Labute approximate surface area is 185 Å². The average molecular weight is 438 g/mol. The Kier molecular flexibility index (Phi) is 5.59. The smallest absolute Gasteiger partial charge is 0.339 e. The van der Waals surface area contributed by atoms with Crippen LogP contribution in [-0.2, 0) is 9.53 Å². The number of aromatic nitrogens is 1. The van der Waals surface area contributed by atoms with Gasteiger partial charge in [0, 0.05) is 29.2 Å². The number of hydrogen-bond donors (Lipinski definition) is 1. The van der Waals surface area contributed by atoms with Gasteiger partial charge in [-0.15, -0.1) is 0 Å². The third-order valence-corrected chi connectivity index (χ3v) is 6.70. The summed E-state index contributed by atoms with van der Waals surface area (Å²) in [5.74, 6) is -6.70. The lowest BCUT2D eigenvalue weighted by molar-refractivity contribution is -0.197. The first-order valence-electron chi connectivity index (χ1n) is 10.7. The summed E-state index contributed by atoms with van der Waals surface area (Å²) in [4.78, 5) is 16.6. The van der Waals surface area contributed by atoms with Crippen molar-refractivity contribution in [3.05, 3.63) is 59.9 Å². The Hall–Kier alpha value is -3.11. The lowest BCUT2D eigenvalue weighted by atomic mass is 9.61. The SMILES string of the molecule is CC[C@H]1[C@H](/C=C/c2ccc(-c3ccccc3C#N)cn2)[C@@H]2[C@@H](C)OC(=O)[C@]2(O)CC1(F)F. The summed E-state index contributed by atoms with van der Waals surface area (Å²) in [5, 5.41) is 20.1. The number of ether oxygens (including phenoxy) is 1. The molecule has 1 aromatic carbocycles. The third-order valence-electron chi connectivity index (χ3n) is 6.70. The molecule has 0 unspecified atom stereocenters. The van der Waals surface area contributed by atoms with Crippen molar-refractivity contribution in [3.63, 3.8) is 0 Å². The fraction of sp³-hybridized carbons (Fsp3) is 0.400. The molecule has 2 heterocycles. The molecule has 0 amide bonds. The largest absolute Gasteiger partial charge is 0.460 e. The summed E-state index contributed by atoms with van der Waals surface area (Å²) in [5.41, 5.74) is 0.423. The van der Waals surface area contributed by atoms with E-state index in [2.05, 4.69) is 11.1 Å². The molecule has 0 spiro atoms. The van der Waals surface area contributed by atoms with Crippen LogP contribution in [0.4, 0.5) is 8.78 Å². The van der Waals surface area contributed by atoms with Gasteiger partial charge >= 0.3 is 5.97 Å². The fourth-order valence-electron chi connectivity index (χ4n) is 5.24. The van der Waals surface area contributed by atoms with Crippen molar-refractivity contribution in [1.82, 2.24) is 4.98 Å². The first-order valence-corrected chi connectivity index (χ1v) is 10.7. The number of aliphatic hydroxyl groups is 1. The van der Waals surface area contributed by atoms with Crippen LogP contribution in [0.25, 0.3) is 17.2 Å². The Morgan fingerprint density at radius 2 is 2.06 bits per heavy atom. The number of pyridine rings is 1. The van der Waals surface area contributed by atoms with Crippen LogP contribution in [0.2, 0.25) is 0 Å². The Morgan fingerprint density at radius 1 is 1.31 bits per heavy atom. The molecular formula is C25H24F2N2O3. The third kappa shape index (κ3) is 3.59. The summed E-state index contributed by atoms with van der Waals surface area (Å²) < 4.78 is 35.0. The van der Waals surface area contributed by atoms with Crippen LogP contribution in [0.5, 0.6) is 0 Å². The molecule has 1 saturated heterocycles. The molecule has 2 fully saturated rings. The van der Waals surface area contributed by atoms with Crippen molar-refractivity contribution >= 4 is 12.0 Å². The van der Waals surface area contributed by atoms with E-state index >= 15 is 0 Å². The van der Waals surface area contributed by atoms with Gasteiger partial charge in [0.15, 0.2) is 5.60 Å². The second kappa shape index (κ2) is 8.10. The van der Waals surface area contributed by atoms with E-state index in [1.165, 1.54) is 0 Å². The van der Waals surface area contributed by atoms with E-state index in [9.17, 15) is 23.9 Å². The van der Waals surface area contributed by atoms with Gasteiger partial charge in [-0.05, 0) is 37.5 Å². The highest BCUT2D eigenvalue weighted by atomic mass is 19.3. The molecule has 5 nitrogen and oxygen atoms in total. The zero-order chi connectivity index (χ0) is 23.1. The minimum absolute atomic E-state index is 0.201. The van der Waals surface area contributed by atoms with E-state index in [1.54, 1.807) is 50.4 Å². The second-order valence-electron chi connectivity index (χ2n) is 8.58. The van der Waals surface area contributed by atoms with Crippen LogP contribution >= 0.6 is 0 Å². The van der Waals surface area contributed by atoms with Crippen LogP contribution in [0.3, 0.4) is 0 Å². The van der Waals surface area contributed by atoms with E-state index in [0.29, 0.717) is 11.3 Å². The monoisotopic (exact) mass is 438 g/mol. The van der Waals surface area contributed by atoms with Gasteiger partial charge in [-0.1, -0.05) is 37.3 Å². The molecule has 4 rings (SSSR count). The summed E-state index contributed by atoms with van der Waals surface area (Å²) >= 11 is 0. The normalized spacial score (nSPS) is 31.2. The molecule has 1 aliphatic heterocycles. The fourth-order valence-corrected chi connectivity index (χ4v) is 5.24. The molecule has 1 aromatic heterocycles. The number of benzene rings is 1. The zero-order valence-corrected chi connectivity index (χ0v) is 17.8. The highest BCUT2D eigenvalue weighted by Crippen LogP contribution is 2.55. The lowest BCUT2D eigenvalue weighted by Gasteiger charge is -2.46. The van der Waals surface area contributed by atoms with E-state index in [1.807, 2.05) is 18.2 Å². The van der Waals surface area contributed by atoms with Gasteiger partial charge in [0.05, 0.1) is 23.7 Å². The number of nitriles is 1. The number of nitrogens with zero attached hydrogens (tertiary/aromatic N) is 2. The predicted molar refractivity (Wildman–Crippen MR) is 114 cm³/mol. The van der Waals surface area contributed by atoms with E-state index in [0.717, 1.165) is 11.1 Å². The molecule has 0 bridgehead atoms. The molecule has 1 N–H and O–H groups in total. The number of halogens is 2. The standard InChI is InChI=1S/C25H24F2N2O3/c1-3-21-20(22-15(2)32-23(30)24(22,31)14-25(21,26)27)11-10-18-9-8-17(13-29-18)19-7-5-4-6-16(19)12-28/h4-11,13,15,20-22,31H,3,14H2,1-2H3/b11-10+/t15-,20+,21+,22+,24+/m1/s1. The Balaban J connectivity index is 1.65. The van der Waals surface area contributed by atoms with Gasteiger partial charge in [0.2, 0.25) is 0 Å². The molecule has 7 heteroatoms. The van der Waals surface area contributed by atoms with Crippen LogP contribution in [0.1, 0.15) is 37.9 Å². The average Bonchev–Trinajstić information content (AvgIpc) is 2.98. The van der Waals surface area contributed by atoms with Gasteiger partial charge in [-0.2, -0.15) is 5.26 Å². The molecule has 2 aromatic rings. The second-order valence-corrected chi connectivity index (χ2v) is 8.58. The van der Waals surface area contributed by atoms with E-state index < -0.39 is 47.8 Å². The summed E-state index contributed by atoms with van der Waals surface area (Å²) in [7, 11) is 0. The van der Waals surface area contributed by atoms with Crippen LogP contribution in [0, 0.1) is 29.1 Å². The van der Waals surface area contributed by atoms with Crippen molar-refractivity contribution in [2.45, 2.75) is 44.3 Å². The number of alkyl halides is 2. The predicted octanol–water partition coefficient (Wildman–Crippen LogP) is 4.61. The maximum Gasteiger partial charge on any atom is 0.339 e. The maximum atomic E-state index is 14.9. The van der Waals surface area contributed by atoms with Gasteiger partial charge < -0.3 is 9.84 Å². The Morgan fingerprint density at radius 3 is 2.72 bits per heavy atom. The highest BCUT2D eigenvalue weighted by Gasteiger charge is 2.68. The van der Waals surface area contributed by atoms with Crippen LogP contribution in [-0.4, -0.2) is 33.7 Å². The molecule has 32 heavy (non-hydrogen) atoms. The quantitative estimate of drug-likeness (QED) is 0.705. The van der Waals surface area contributed by atoms with Crippen LogP contribution < -0.4 is 0 Å². The summed E-state index contributed by atoms with van der Waals surface area (Å²) in [6.45, 7) is 3.32. The van der Waals surface area contributed by atoms with Gasteiger partial charge in [-0.3, -0.25) is 4.98 Å². The number of allylic oxidation sites excluding steroid dienone is 1. The number of esters is 1. The molecule has 1 saturated carbocycles. The zero-order valence-electron chi connectivity index (χ0n) is 17.8. The minimum Gasteiger partial charge on any atom is -0.460 e. The van der Waals surface area contributed by atoms with Crippen molar-refractivity contribution in [1.29, 1.82) is 5.26 Å². The molecule has 166 valence electrons. The molecular weight excluding hydrogens is 414 g/mol. The summed E-state index contributed by atoms with van der Waals surface area (Å²) in [6, 6.07) is 12.9. The van der Waals surface area contributed by atoms with Crippen molar-refractivity contribution < 1.29 is 23.4 Å². The highest BCUT2D eigenvalue weighted by molar-refractivity contribution is 5.83. The van der Waals surface area contributed by atoms with E-state index in [4.69, 9.17) is 4.74 Å². The molecule has 5 atom stereocenters. The maximum absolute atomic E-state index is 14.9. The first kappa shape index (κ1) is 22.1. The number of fused-ring (bicyclic) bond motifs is 1. The Bertz CT molecular complexity index is 1090. The topological polar surface area (TPSA) is 83.2 Å². The van der Waals surface area contributed by atoms with E-state index in [-0.39, 0.29) is 6.42 Å². The number of rotatable bonds is 4. The number of carbonyl (C=O) groups excluding carboxylic acids is 1. The van der Waals surface area contributed by atoms with Gasteiger partial charge in [-0.25, -0.2) is 13.6 Å². The number of cyclic esters (lactones) is 1. The van der Waals surface area contributed by atoms with Crippen molar-refractivity contribution in [2.24, 2.45) is 17.8 Å². The van der Waals surface area contributed by atoms with Gasteiger partial charge in [0.25, 0.3) is 5.92 Å². The molecule has 0 radical (unpaired) electrons. The molecule has 2 aliphatic rings. The van der Waals surface area contributed by atoms with Gasteiger partial charge in [0.1, 0.15) is 6.10 Å².